The zero-order chi connectivity index (χ0) is 13.1. The number of hydrogen-bond donors (Lipinski definition) is 1. The molecule has 0 saturated heterocycles. The van der Waals surface area contributed by atoms with Crippen molar-refractivity contribution in [1.82, 2.24) is 9.55 Å². The Morgan fingerprint density at radius 3 is 2.72 bits per heavy atom. The maximum absolute atomic E-state index is 8.66. The van der Waals surface area contributed by atoms with Crippen LogP contribution in [0.15, 0.2) is 24.4 Å². The van der Waals surface area contributed by atoms with Crippen LogP contribution in [0.25, 0.3) is 0 Å². The molecule has 2 aromatic rings. The van der Waals surface area contributed by atoms with Gasteiger partial charge in [0, 0.05) is 18.9 Å². The normalized spacial score (nSPS) is 10.1. The highest BCUT2D eigenvalue weighted by Gasteiger charge is 2.08. The van der Waals surface area contributed by atoms with Gasteiger partial charge in [-0.3, -0.25) is 0 Å². The molecule has 1 N–H and O–H groups in total. The van der Waals surface area contributed by atoms with E-state index in [1.165, 1.54) is 6.20 Å². The lowest BCUT2D eigenvalue weighted by molar-refractivity contribution is 0.841. The van der Waals surface area contributed by atoms with Crippen molar-refractivity contribution in [3.8, 4) is 6.07 Å². The van der Waals surface area contributed by atoms with E-state index in [-0.39, 0.29) is 0 Å². The van der Waals surface area contributed by atoms with Gasteiger partial charge in [0.05, 0.1) is 17.1 Å². The van der Waals surface area contributed by atoms with Crippen LogP contribution in [-0.4, -0.2) is 9.55 Å². The molecule has 2 rings (SSSR count). The molecule has 92 valence electrons. The van der Waals surface area contributed by atoms with Crippen molar-refractivity contribution >= 4 is 29.0 Å². The fraction of sp³-hybridized carbons (Fsp3) is 0.167. The Morgan fingerprint density at radius 1 is 1.44 bits per heavy atom. The minimum absolute atomic E-state index is 0.515. The molecule has 2 heterocycles. The number of hydrogen-bond acceptors (Lipinski definition) is 3. The summed E-state index contributed by atoms with van der Waals surface area (Å²) in [6, 6.07) is 7.29. The van der Waals surface area contributed by atoms with Gasteiger partial charge in [-0.05, 0) is 18.2 Å². The van der Waals surface area contributed by atoms with Gasteiger partial charge >= 0.3 is 0 Å². The third kappa shape index (κ3) is 2.58. The molecular formula is C12H10Cl2N4. The van der Waals surface area contributed by atoms with Crippen molar-refractivity contribution in [2.75, 3.05) is 5.32 Å². The summed E-state index contributed by atoms with van der Waals surface area (Å²) in [4.78, 5) is 4.11. The van der Waals surface area contributed by atoms with Crippen molar-refractivity contribution < 1.29 is 0 Å². The zero-order valence-electron chi connectivity index (χ0n) is 9.61. The molecule has 0 atom stereocenters. The predicted molar refractivity (Wildman–Crippen MR) is 71.7 cm³/mol. The first-order valence-corrected chi connectivity index (χ1v) is 5.97. The fourth-order valence-corrected chi connectivity index (χ4v) is 1.92. The third-order valence-electron chi connectivity index (χ3n) is 2.56. The van der Waals surface area contributed by atoms with Gasteiger partial charge in [-0.15, -0.1) is 0 Å². The molecule has 0 fully saturated rings. The van der Waals surface area contributed by atoms with Gasteiger partial charge < -0.3 is 9.88 Å². The molecule has 18 heavy (non-hydrogen) atoms. The van der Waals surface area contributed by atoms with Crippen LogP contribution in [0.1, 0.15) is 11.3 Å². The van der Waals surface area contributed by atoms with E-state index in [1.54, 1.807) is 22.8 Å². The van der Waals surface area contributed by atoms with Gasteiger partial charge in [0.2, 0.25) is 0 Å². The fourth-order valence-electron chi connectivity index (χ4n) is 1.50. The van der Waals surface area contributed by atoms with E-state index in [0.717, 1.165) is 5.69 Å². The smallest absolute Gasteiger partial charge is 0.127 e. The van der Waals surface area contributed by atoms with E-state index in [4.69, 9.17) is 28.5 Å². The summed E-state index contributed by atoms with van der Waals surface area (Å²) in [5.41, 5.74) is 1.49. The van der Waals surface area contributed by atoms with E-state index in [9.17, 15) is 0 Å². The Labute approximate surface area is 115 Å². The summed E-state index contributed by atoms with van der Waals surface area (Å²) in [7, 11) is 1.84. The van der Waals surface area contributed by atoms with Gasteiger partial charge in [-0.1, -0.05) is 23.2 Å². The van der Waals surface area contributed by atoms with Gasteiger partial charge in [-0.25, -0.2) is 4.98 Å². The first kappa shape index (κ1) is 12.7. The Bertz CT molecular complexity index is 596. The number of nitriles is 1. The number of pyridine rings is 1. The summed E-state index contributed by atoms with van der Waals surface area (Å²) in [6.07, 6.45) is 1.52. The van der Waals surface area contributed by atoms with Gasteiger partial charge in [-0.2, -0.15) is 5.26 Å². The molecule has 0 unspecified atom stereocenters. The average Bonchev–Trinajstić information content (AvgIpc) is 2.64. The molecule has 0 spiro atoms. The van der Waals surface area contributed by atoms with Crippen LogP contribution in [0, 0.1) is 11.3 Å². The topological polar surface area (TPSA) is 53.6 Å². The summed E-state index contributed by atoms with van der Waals surface area (Å²) >= 11 is 11.9. The molecule has 6 heteroatoms. The standard InChI is InChI=1S/C12H10Cl2N4/c1-18-9(4-10(13)12(18)14)7-17-11-3-2-8(5-15)6-16-11/h2-4,6H,7H2,1H3,(H,16,17). The number of rotatable bonds is 3. The number of nitrogens with one attached hydrogen (secondary N) is 1. The van der Waals surface area contributed by atoms with Gasteiger partial charge in [0.15, 0.2) is 0 Å². The molecule has 0 saturated carbocycles. The molecule has 0 aliphatic rings. The average molecular weight is 281 g/mol. The van der Waals surface area contributed by atoms with Crippen molar-refractivity contribution in [3.63, 3.8) is 0 Å². The lowest BCUT2D eigenvalue weighted by Crippen LogP contribution is -2.05. The van der Waals surface area contributed by atoms with Crippen LogP contribution >= 0.6 is 23.2 Å². The van der Waals surface area contributed by atoms with E-state index >= 15 is 0 Å². The van der Waals surface area contributed by atoms with Crippen LogP contribution in [0.3, 0.4) is 0 Å². The van der Waals surface area contributed by atoms with Gasteiger partial charge in [0.25, 0.3) is 0 Å². The van der Waals surface area contributed by atoms with E-state index in [1.807, 2.05) is 13.1 Å². The second-order valence-corrected chi connectivity index (χ2v) is 4.50. The Morgan fingerprint density at radius 2 is 2.22 bits per heavy atom. The minimum atomic E-state index is 0.515. The van der Waals surface area contributed by atoms with Crippen molar-refractivity contribution in [2.24, 2.45) is 7.05 Å². The molecule has 0 aromatic carbocycles. The van der Waals surface area contributed by atoms with Crippen LogP contribution in [-0.2, 0) is 13.6 Å². The zero-order valence-corrected chi connectivity index (χ0v) is 11.1. The van der Waals surface area contributed by atoms with Crippen LogP contribution in [0.5, 0.6) is 0 Å². The molecule has 2 aromatic heterocycles. The lowest BCUT2D eigenvalue weighted by Gasteiger charge is -2.06. The summed E-state index contributed by atoms with van der Waals surface area (Å²) in [5, 5.41) is 12.8. The molecular weight excluding hydrogens is 271 g/mol. The minimum Gasteiger partial charge on any atom is -0.364 e. The Hall–Kier alpha value is -1.70. The molecule has 0 aliphatic carbocycles. The highest BCUT2D eigenvalue weighted by Crippen LogP contribution is 2.25. The Balaban J connectivity index is 2.07. The molecule has 0 aliphatic heterocycles. The highest BCUT2D eigenvalue weighted by molar-refractivity contribution is 6.41. The van der Waals surface area contributed by atoms with E-state index in [0.29, 0.717) is 28.1 Å². The second-order valence-electron chi connectivity index (χ2n) is 3.73. The predicted octanol–water partition coefficient (Wildman–Crippen LogP) is 3.21. The van der Waals surface area contributed by atoms with E-state index in [2.05, 4.69) is 10.3 Å². The molecule has 0 radical (unpaired) electrons. The van der Waals surface area contributed by atoms with Crippen LogP contribution in [0.2, 0.25) is 10.2 Å². The van der Waals surface area contributed by atoms with Crippen molar-refractivity contribution in [1.29, 1.82) is 5.26 Å². The van der Waals surface area contributed by atoms with Crippen LogP contribution < -0.4 is 5.32 Å². The maximum Gasteiger partial charge on any atom is 0.127 e. The van der Waals surface area contributed by atoms with Gasteiger partial charge in [0.1, 0.15) is 17.0 Å². The largest absolute Gasteiger partial charge is 0.364 e. The maximum atomic E-state index is 8.66. The SMILES string of the molecule is Cn1c(CNc2ccc(C#N)cn2)cc(Cl)c1Cl. The monoisotopic (exact) mass is 280 g/mol. The van der Waals surface area contributed by atoms with Crippen molar-refractivity contribution in [3.05, 3.63) is 45.8 Å². The van der Waals surface area contributed by atoms with Crippen LogP contribution in [0.4, 0.5) is 5.82 Å². The summed E-state index contributed by atoms with van der Waals surface area (Å²) in [6.45, 7) is 0.557. The first-order chi connectivity index (χ1) is 8.61. The highest BCUT2D eigenvalue weighted by atomic mass is 35.5. The first-order valence-electron chi connectivity index (χ1n) is 5.21. The summed E-state index contributed by atoms with van der Waals surface area (Å²) < 4.78 is 1.81. The molecule has 0 amide bonds. The quantitative estimate of drug-likeness (QED) is 0.939. The molecule has 0 bridgehead atoms. The molecule has 4 nitrogen and oxygen atoms in total. The number of aromatic nitrogens is 2. The van der Waals surface area contributed by atoms with E-state index < -0.39 is 0 Å². The van der Waals surface area contributed by atoms with Crippen molar-refractivity contribution in [2.45, 2.75) is 6.54 Å². The number of halogens is 2. The number of nitrogens with zero attached hydrogens (tertiary/aromatic N) is 3. The summed E-state index contributed by atoms with van der Waals surface area (Å²) in [5.74, 6) is 0.697. The number of anilines is 1. The third-order valence-corrected chi connectivity index (χ3v) is 3.40. The second kappa shape index (κ2) is 5.30. The lowest BCUT2D eigenvalue weighted by atomic mass is 10.3. The Kier molecular flexibility index (Phi) is 3.75.